The predicted octanol–water partition coefficient (Wildman–Crippen LogP) is 4.66. The molecule has 7 nitrogen and oxygen atoms in total. The predicted molar refractivity (Wildman–Crippen MR) is 125 cm³/mol. The van der Waals surface area contributed by atoms with Crippen LogP contribution < -0.4 is 10.6 Å². The maximum absolute atomic E-state index is 14.0. The van der Waals surface area contributed by atoms with Gasteiger partial charge in [0.25, 0.3) is 5.91 Å². The SMILES string of the molecule is CCOC(=O)c1sc(NC(=O)[C@@H](NC(=O)c2c(F)cccc2F)C(C)C)nc1-c1ccccc1. The largest absolute Gasteiger partial charge is 0.462 e. The summed E-state index contributed by atoms with van der Waals surface area (Å²) in [6.45, 7) is 5.19. The summed E-state index contributed by atoms with van der Waals surface area (Å²) in [6.07, 6.45) is 0. The number of anilines is 1. The zero-order chi connectivity index (χ0) is 24.8. The van der Waals surface area contributed by atoms with Crippen LogP contribution in [0, 0.1) is 17.6 Å². The maximum Gasteiger partial charge on any atom is 0.350 e. The number of ether oxygens (including phenoxy) is 1. The number of nitrogens with one attached hydrogen (secondary N) is 2. The highest BCUT2D eigenvalue weighted by Crippen LogP contribution is 2.32. The van der Waals surface area contributed by atoms with E-state index in [2.05, 4.69) is 15.6 Å². The summed E-state index contributed by atoms with van der Waals surface area (Å²) in [5.74, 6) is -4.77. The standard InChI is InChI=1S/C24H23F2N3O4S/c1-4-33-23(32)20-19(14-9-6-5-7-10-14)28-24(34-20)29-22(31)18(13(2)3)27-21(30)17-15(25)11-8-12-16(17)26/h5-13,18H,4H2,1-3H3,(H,27,30)(H,28,29,31)/t18-/m0/s1. The quantitative estimate of drug-likeness (QED) is 0.451. The molecule has 10 heteroatoms. The van der Waals surface area contributed by atoms with Gasteiger partial charge in [-0.15, -0.1) is 0 Å². The van der Waals surface area contributed by atoms with E-state index in [-0.39, 0.29) is 16.6 Å². The van der Waals surface area contributed by atoms with Crippen molar-refractivity contribution >= 4 is 34.3 Å². The molecule has 1 atom stereocenters. The number of rotatable bonds is 8. The van der Waals surface area contributed by atoms with Gasteiger partial charge in [-0.3, -0.25) is 9.59 Å². The molecule has 3 rings (SSSR count). The smallest absolute Gasteiger partial charge is 0.350 e. The molecule has 0 fully saturated rings. The fourth-order valence-electron chi connectivity index (χ4n) is 3.15. The van der Waals surface area contributed by atoms with Crippen molar-refractivity contribution in [2.45, 2.75) is 26.8 Å². The summed E-state index contributed by atoms with van der Waals surface area (Å²) in [5.41, 5.74) is 0.232. The minimum atomic E-state index is -1.12. The second-order valence-electron chi connectivity index (χ2n) is 7.56. The molecule has 2 N–H and O–H groups in total. The molecule has 0 aliphatic heterocycles. The highest BCUT2D eigenvalue weighted by molar-refractivity contribution is 7.18. The molecule has 1 aromatic heterocycles. The molecule has 0 aliphatic rings. The Bertz CT molecular complexity index is 1180. The molecule has 0 unspecified atom stereocenters. The Kier molecular flexibility index (Phi) is 8.06. The van der Waals surface area contributed by atoms with E-state index in [1.807, 2.05) is 6.07 Å². The lowest BCUT2D eigenvalue weighted by Crippen LogP contribution is -2.47. The first-order valence-corrected chi connectivity index (χ1v) is 11.3. The fraction of sp³-hybridized carbons (Fsp3) is 0.250. The number of aromatic nitrogens is 1. The molecule has 34 heavy (non-hydrogen) atoms. The van der Waals surface area contributed by atoms with E-state index in [0.717, 1.165) is 29.5 Å². The summed E-state index contributed by atoms with van der Waals surface area (Å²) in [4.78, 5) is 42.5. The monoisotopic (exact) mass is 487 g/mol. The average Bonchev–Trinajstić information content (AvgIpc) is 3.21. The van der Waals surface area contributed by atoms with Crippen molar-refractivity contribution in [3.05, 3.63) is 70.6 Å². The van der Waals surface area contributed by atoms with Crippen LogP contribution in [0.15, 0.2) is 48.5 Å². The van der Waals surface area contributed by atoms with Crippen LogP contribution >= 0.6 is 11.3 Å². The van der Waals surface area contributed by atoms with Crippen molar-refractivity contribution in [1.82, 2.24) is 10.3 Å². The van der Waals surface area contributed by atoms with Crippen LogP contribution in [0.5, 0.6) is 0 Å². The molecule has 2 amide bonds. The number of amides is 2. The first kappa shape index (κ1) is 25.0. The summed E-state index contributed by atoms with van der Waals surface area (Å²) < 4.78 is 33.1. The summed E-state index contributed by atoms with van der Waals surface area (Å²) >= 11 is 0.930. The van der Waals surface area contributed by atoms with Crippen molar-refractivity contribution in [2.75, 3.05) is 11.9 Å². The first-order valence-electron chi connectivity index (χ1n) is 10.5. The minimum Gasteiger partial charge on any atom is -0.462 e. The van der Waals surface area contributed by atoms with Crippen molar-refractivity contribution in [3.8, 4) is 11.3 Å². The van der Waals surface area contributed by atoms with Gasteiger partial charge in [-0.1, -0.05) is 61.6 Å². The number of hydrogen-bond acceptors (Lipinski definition) is 6. The van der Waals surface area contributed by atoms with Gasteiger partial charge in [0.05, 0.1) is 12.3 Å². The normalized spacial score (nSPS) is 11.7. The molecule has 0 radical (unpaired) electrons. The molecular weight excluding hydrogens is 464 g/mol. The summed E-state index contributed by atoms with van der Waals surface area (Å²) in [5, 5.41) is 5.09. The van der Waals surface area contributed by atoms with Crippen molar-refractivity contribution in [3.63, 3.8) is 0 Å². The van der Waals surface area contributed by atoms with Crippen LogP contribution in [0.3, 0.4) is 0 Å². The Morgan fingerprint density at radius 3 is 2.26 bits per heavy atom. The second-order valence-corrected chi connectivity index (χ2v) is 8.56. The van der Waals surface area contributed by atoms with Crippen LogP contribution in [0.25, 0.3) is 11.3 Å². The van der Waals surface area contributed by atoms with Crippen molar-refractivity contribution < 1.29 is 27.9 Å². The number of hydrogen-bond donors (Lipinski definition) is 2. The molecule has 0 spiro atoms. The van der Waals surface area contributed by atoms with Gasteiger partial charge in [0, 0.05) is 5.56 Å². The number of carbonyl (C=O) groups excluding carboxylic acids is 3. The molecule has 2 aromatic carbocycles. The Morgan fingerprint density at radius 2 is 1.68 bits per heavy atom. The lowest BCUT2D eigenvalue weighted by atomic mass is 10.0. The molecule has 0 saturated heterocycles. The molecule has 1 heterocycles. The van der Waals surface area contributed by atoms with Gasteiger partial charge in [-0.2, -0.15) is 0 Å². The highest BCUT2D eigenvalue weighted by Gasteiger charge is 2.29. The fourth-order valence-corrected chi connectivity index (χ4v) is 4.03. The number of nitrogens with zero attached hydrogens (tertiary/aromatic N) is 1. The molecule has 178 valence electrons. The maximum atomic E-state index is 14.0. The summed E-state index contributed by atoms with van der Waals surface area (Å²) in [7, 11) is 0. The first-order chi connectivity index (χ1) is 16.2. The second kappa shape index (κ2) is 11.0. The van der Waals surface area contributed by atoms with Crippen molar-refractivity contribution in [2.24, 2.45) is 5.92 Å². The van der Waals surface area contributed by atoms with Crippen LogP contribution in [-0.4, -0.2) is 35.4 Å². The van der Waals surface area contributed by atoms with Gasteiger partial charge in [0.2, 0.25) is 5.91 Å². The van der Waals surface area contributed by atoms with Crippen LogP contribution in [0.4, 0.5) is 13.9 Å². The van der Waals surface area contributed by atoms with E-state index in [9.17, 15) is 23.2 Å². The van der Waals surface area contributed by atoms with E-state index >= 15 is 0 Å². The topological polar surface area (TPSA) is 97.4 Å². The van der Waals surface area contributed by atoms with Gasteiger partial charge in [0.15, 0.2) is 5.13 Å². The molecular formula is C24H23F2N3O4S. The van der Waals surface area contributed by atoms with Crippen LogP contribution in [0.1, 0.15) is 40.8 Å². The van der Waals surface area contributed by atoms with E-state index in [4.69, 9.17) is 4.74 Å². The van der Waals surface area contributed by atoms with Crippen molar-refractivity contribution in [1.29, 1.82) is 0 Å². The number of esters is 1. The Labute approximate surface area is 199 Å². The van der Waals surface area contributed by atoms with Gasteiger partial charge in [-0.25, -0.2) is 18.6 Å². The minimum absolute atomic E-state index is 0.115. The number of carbonyl (C=O) groups is 3. The Morgan fingerprint density at radius 1 is 1.03 bits per heavy atom. The molecule has 3 aromatic rings. The molecule has 0 aliphatic carbocycles. The lowest BCUT2D eigenvalue weighted by molar-refractivity contribution is -0.118. The van der Waals surface area contributed by atoms with E-state index in [1.165, 1.54) is 0 Å². The average molecular weight is 488 g/mol. The third-order valence-electron chi connectivity index (χ3n) is 4.79. The van der Waals surface area contributed by atoms with E-state index in [1.54, 1.807) is 45.0 Å². The van der Waals surface area contributed by atoms with Gasteiger partial charge >= 0.3 is 5.97 Å². The number of halogens is 2. The lowest BCUT2D eigenvalue weighted by Gasteiger charge is -2.21. The molecule has 0 saturated carbocycles. The van der Waals surface area contributed by atoms with Crippen LogP contribution in [0.2, 0.25) is 0 Å². The van der Waals surface area contributed by atoms with Gasteiger partial charge in [0.1, 0.15) is 28.1 Å². The Balaban J connectivity index is 1.86. The number of benzene rings is 2. The summed E-state index contributed by atoms with van der Waals surface area (Å²) in [6, 6.07) is 10.9. The third kappa shape index (κ3) is 5.63. The van der Waals surface area contributed by atoms with Crippen LogP contribution in [-0.2, 0) is 9.53 Å². The zero-order valence-corrected chi connectivity index (χ0v) is 19.5. The Hall–Kier alpha value is -3.66. The highest BCUT2D eigenvalue weighted by atomic mass is 32.1. The third-order valence-corrected chi connectivity index (χ3v) is 5.74. The van der Waals surface area contributed by atoms with E-state index in [0.29, 0.717) is 11.3 Å². The molecule has 0 bridgehead atoms. The van der Waals surface area contributed by atoms with E-state index < -0.39 is 46.9 Å². The number of thiazole rings is 1. The van der Waals surface area contributed by atoms with Gasteiger partial charge < -0.3 is 15.4 Å². The zero-order valence-electron chi connectivity index (χ0n) is 18.7. The van der Waals surface area contributed by atoms with Gasteiger partial charge in [-0.05, 0) is 25.0 Å².